The molecule has 0 bridgehead atoms. The van der Waals surface area contributed by atoms with Crippen molar-refractivity contribution in [3.05, 3.63) is 69.5 Å². The molecule has 3 rings (SSSR count). The Bertz CT molecular complexity index is 898. The molecule has 0 spiro atoms. The minimum Gasteiger partial charge on any atom is -0.484 e. The molecule has 26 heavy (non-hydrogen) atoms. The van der Waals surface area contributed by atoms with E-state index >= 15 is 0 Å². The van der Waals surface area contributed by atoms with E-state index in [1.807, 2.05) is 0 Å². The molecule has 0 radical (unpaired) electrons. The van der Waals surface area contributed by atoms with Crippen LogP contribution in [0.25, 0.3) is 0 Å². The van der Waals surface area contributed by atoms with E-state index in [0.29, 0.717) is 15.8 Å². The van der Waals surface area contributed by atoms with Crippen LogP contribution in [0.1, 0.15) is 23.9 Å². The van der Waals surface area contributed by atoms with Crippen molar-refractivity contribution in [2.75, 3.05) is 0 Å². The second kappa shape index (κ2) is 8.80. The van der Waals surface area contributed by atoms with Crippen molar-refractivity contribution in [3.8, 4) is 5.75 Å². The summed E-state index contributed by atoms with van der Waals surface area (Å²) in [6.07, 6.45) is 0. The number of ether oxygens (including phenoxy) is 1. The Morgan fingerprint density at radius 2 is 1.96 bits per heavy atom. The lowest BCUT2D eigenvalue weighted by Gasteiger charge is -2.10. The van der Waals surface area contributed by atoms with Crippen LogP contribution in [0.3, 0.4) is 0 Å². The maximum Gasteiger partial charge on any atom is 0.191 e. The van der Waals surface area contributed by atoms with Gasteiger partial charge in [-0.1, -0.05) is 64.8 Å². The molecule has 0 N–H and O–H groups in total. The number of aromatic nitrogens is 3. The van der Waals surface area contributed by atoms with Crippen LogP contribution in [0.15, 0.2) is 47.6 Å². The fourth-order valence-corrected chi connectivity index (χ4v) is 3.83. The molecule has 0 aliphatic carbocycles. The predicted molar refractivity (Wildman–Crippen MR) is 107 cm³/mol. The smallest absolute Gasteiger partial charge is 0.191 e. The second-order valence-corrected chi connectivity index (χ2v) is 7.57. The van der Waals surface area contributed by atoms with Crippen LogP contribution in [0.5, 0.6) is 5.75 Å². The summed E-state index contributed by atoms with van der Waals surface area (Å²) in [5.41, 5.74) is 2.52. The van der Waals surface area contributed by atoms with Crippen LogP contribution in [-0.4, -0.2) is 14.8 Å². The van der Waals surface area contributed by atoms with Crippen molar-refractivity contribution in [1.29, 1.82) is 0 Å². The summed E-state index contributed by atoms with van der Waals surface area (Å²) in [7, 11) is 0. The Labute approximate surface area is 167 Å². The van der Waals surface area contributed by atoms with Crippen molar-refractivity contribution in [1.82, 2.24) is 14.8 Å². The Morgan fingerprint density at radius 3 is 2.73 bits per heavy atom. The number of rotatable bonds is 7. The fourth-order valence-electron chi connectivity index (χ4n) is 2.53. The van der Waals surface area contributed by atoms with Gasteiger partial charge in [0.2, 0.25) is 0 Å². The summed E-state index contributed by atoms with van der Waals surface area (Å²) in [5.74, 6) is 2.15. The summed E-state index contributed by atoms with van der Waals surface area (Å²) in [6.45, 7) is 5.21. The molecule has 1 aromatic heterocycles. The number of benzene rings is 2. The quantitative estimate of drug-likeness (QED) is 0.465. The first-order valence-corrected chi connectivity index (χ1v) is 9.99. The normalized spacial score (nSPS) is 10.9. The minimum atomic E-state index is 0.284. The molecule has 0 unspecified atom stereocenters. The van der Waals surface area contributed by atoms with Gasteiger partial charge >= 0.3 is 0 Å². The van der Waals surface area contributed by atoms with E-state index in [2.05, 4.69) is 52.9 Å². The first kappa shape index (κ1) is 19.1. The highest BCUT2D eigenvalue weighted by atomic mass is 35.5. The average molecular weight is 408 g/mol. The lowest BCUT2D eigenvalue weighted by atomic mass is 10.2. The first-order valence-electron chi connectivity index (χ1n) is 8.25. The summed E-state index contributed by atoms with van der Waals surface area (Å²) >= 11 is 13.8. The molecule has 136 valence electrons. The topological polar surface area (TPSA) is 39.9 Å². The van der Waals surface area contributed by atoms with Gasteiger partial charge in [-0.15, -0.1) is 10.2 Å². The molecule has 7 heteroatoms. The number of nitrogens with zero attached hydrogens (tertiary/aromatic N) is 3. The monoisotopic (exact) mass is 407 g/mol. The Kier molecular flexibility index (Phi) is 6.46. The van der Waals surface area contributed by atoms with Gasteiger partial charge in [-0.3, -0.25) is 0 Å². The molecule has 0 saturated heterocycles. The Morgan fingerprint density at radius 1 is 1.12 bits per heavy atom. The molecule has 0 aliphatic heterocycles. The highest BCUT2D eigenvalue weighted by Crippen LogP contribution is 2.29. The Balaban J connectivity index is 1.68. The van der Waals surface area contributed by atoms with Crippen molar-refractivity contribution < 1.29 is 4.74 Å². The molecular weight excluding hydrogens is 389 g/mol. The largest absolute Gasteiger partial charge is 0.484 e. The molecular formula is C19H19Cl2N3OS. The van der Waals surface area contributed by atoms with Crippen molar-refractivity contribution in [2.45, 2.75) is 37.9 Å². The Hall–Kier alpha value is -1.69. The van der Waals surface area contributed by atoms with Crippen LogP contribution in [0, 0.1) is 6.92 Å². The van der Waals surface area contributed by atoms with Gasteiger partial charge in [-0.25, -0.2) is 0 Å². The molecule has 0 fully saturated rings. The zero-order chi connectivity index (χ0) is 18.5. The van der Waals surface area contributed by atoms with Gasteiger partial charge < -0.3 is 9.30 Å². The highest BCUT2D eigenvalue weighted by molar-refractivity contribution is 7.98. The van der Waals surface area contributed by atoms with Crippen molar-refractivity contribution >= 4 is 35.0 Å². The predicted octanol–water partition coefficient (Wildman–Crippen LogP) is 5.78. The number of aryl methyl sites for hydroxylation is 1. The van der Waals surface area contributed by atoms with E-state index in [-0.39, 0.29) is 6.61 Å². The van der Waals surface area contributed by atoms with Crippen molar-refractivity contribution in [3.63, 3.8) is 0 Å². The summed E-state index contributed by atoms with van der Waals surface area (Å²) in [5, 5.41) is 10.6. The minimum absolute atomic E-state index is 0.284. The maximum atomic E-state index is 6.14. The summed E-state index contributed by atoms with van der Waals surface area (Å²) in [4.78, 5) is 0. The van der Waals surface area contributed by atoms with Crippen LogP contribution in [0.4, 0.5) is 0 Å². The number of hydrogen-bond donors (Lipinski definition) is 0. The third-order valence-corrected chi connectivity index (χ3v) is 5.40. The molecule has 0 aliphatic rings. The van der Waals surface area contributed by atoms with Crippen molar-refractivity contribution in [2.24, 2.45) is 0 Å². The number of hydrogen-bond acceptors (Lipinski definition) is 4. The van der Waals surface area contributed by atoms with Gasteiger partial charge in [-0.2, -0.15) is 0 Å². The van der Waals surface area contributed by atoms with Gasteiger partial charge in [0.25, 0.3) is 0 Å². The van der Waals surface area contributed by atoms with Gasteiger partial charge in [0.05, 0.1) is 5.02 Å². The van der Waals surface area contributed by atoms with E-state index < -0.39 is 0 Å². The molecule has 3 aromatic rings. The maximum absolute atomic E-state index is 6.14. The lowest BCUT2D eigenvalue weighted by Crippen LogP contribution is -2.07. The summed E-state index contributed by atoms with van der Waals surface area (Å²) < 4.78 is 7.84. The molecule has 0 amide bonds. The first-order chi connectivity index (χ1) is 12.6. The molecule has 1 heterocycles. The average Bonchev–Trinajstić information content (AvgIpc) is 3.02. The highest BCUT2D eigenvalue weighted by Gasteiger charge is 2.13. The van der Waals surface area contributed by atoms with Gasteiger partial charge in [0.1, 0.15) is 12.4 Å². The second-order valence-electron chi connectivity index (χ2n) is 5.78. The third-order valence-electron chi connectivity index (χ3n) is 3.81. The lowest BCUT2D eigenvalue weighted by molar-refractivity contribution is 0.288. The van der Waals surface area contributed by atoms with Crippen LogP contribution >= 0.6 is 35.0 Å². The van der Waals surface area contributed by atoms with Crippen LogP contribution in [0.2, 0.25) is 10.0 Å². The molecule has 2 aromatic carbocycles. The number of halogens is 2. The third kappa shape index (κ3) is 4.72. The number of thioether (sulfide) groups is 1. The fraction of sp³-hybridized carbons (Fsp3) is 0.263. The molecule has 0 saturated carbocycles. The van der Waals surface area contributed by atoms with E-state index in [4.69, 9.17) is 27.9 Å². The van der Waals surface area contributed by atoms with Gasteiger partial charge in [0.15, 0.2) is 11.0 Å². The van der Waals surface area contributed by atoms with E-state index in [1.165, 1.54) is 11.1 Å². The van der Waals surface area contributed by atoms with Gasteiger partial charge in [-0.05, 0) is 31.5 Å². The summed E-state index contributed by atoms with van der Waals surface area (Å²) in [6, 6.07) is 13.6. The van der Waals surface area contributed by atoms with E-state index in [0.717, 1.165) is 23.3 Å². The molecule has 0 atom stereocenters. The standard InChI is InChI=1S/C19H19Cl2N3OS/c1-3-24-18(11-25-17-10-15(20)7-8-16(17)21)22-23-19(24)26-12-14-6-4-5-13(2)9-14/h4-10H,3,11-12H2,1-2H3. The zero-order valence-corrected chi connectivity index (χ0v) is 16.9. The van der Waals surface area contributed by atoms with E-state index in [1.54, 1.807) is 30.0 Å². The SMILES string of the molecule is CCn1c(COc2cc(Cl)ccc2Cl)nnc1SCc1cccc(C)c1. The van der Waals surface area contributed by atoms with Gasteiger partial charge in [0, 0.05) is 23.4 Å². The zero-order valence-electron chi connectivity index (χ0n) is 14.6. The van der Waals surface area contributed by atoms with E-state index in [9.17, 15) is 0 Å². The molecule has 4 nitrogen and oxygen atoms in total. The van der Waals surface area contributed by atoms with Crippen LogP contribution in [-0.2, 0) is 18.9 Å². The van der Waals surface area contributed by atoms with Crippen LogP contribution < -0.4 is 4.74 Å².